The molecule has 1 aromatic heterocycles. The highest BCUT2D eigenvalue weighted by molar-refractivity contribution is 7.91. The molecule has 1 rings (SSSR count). The first-order valence-corrected chi connectivity index (χ1v) is 7.08. The lowest BCUT2D eigenvalue weighted by Crippen LogP contribution is -2.40. The van der Waals surface area contributed by atoms with Gasteiger partial charge < -0.3 is 5.73 Å². The Balaban J connectivity index is 2.59. The Morgan fingerprint density at radius 3 is 2.67 bits per heavy atom. The number of thiophene rings is 1. The largest absolute Gasteiger partial charge is 0.326 e. The molecule has 15 heavy (non-hydrogen) atoms. The highest BCUT2D eigenvalue weighted by Crippen LogP contribution is 2.15. The van der Waals surface area contributed by atoms with Gasteiger partial charge in [-0.05, 0) is 17.4 Å². The molecule has 0 spiro atoms. The third-order valence-electron chi connectivity index (χ3n) is 2.13. The van der Waals surface area contributed by atoms with E-state index < -0.39 is 10.0 Å². The Morgan fingerprint density at radius 2 is 2.20 bits per heavy atom. The third-order valence-corrected chi connectivity index (χ3v) is 4.95. The topological polar surface area (TPSA) is 72.2 Å². The van der Waals surface area contributed by atoms with Crippen LogP contribution in [0.25, 0.3) is 0 Å². The molecule has 0 bridgehead atoms. The van der Waals surface area contributed by atoms with Gasteiger partial charge in [-0.25, -0.2) is 13.1 Å². The summed E-state index contributed by atoms with van der Waals surface area (Å²) < 4.78 is 26.2. The Kier molecular flexibility index (Phi) is 4.27. The lowest BCUT2D eigenvalue weighted by Gasteiger charge is -2.15. The molecule has 6 heteroatoms. The molecule has 0 fully saturated rings. The SMILES string of the molecule is CC(C)C(N)CNS(=O)(=O)c1cccs1. The maximum absolute atomic E-state index is 11.7. The van der Waals surface area contributed by atoms with Crippen molar-refractivity contribution >= 4 is 21.4 Å². The Labute approximate surface area is 94.5 Å². The maximum atomic E-state index is 11.7. The van der Waals surface area contributed by atoms with Crippen LogP contribution in [0.1, 0.15) is 13.8 Å². The summed E-state index contributed by atoms with van der Waals surface area (Å²) in [5, 5.41) is 1.73. The van der Waals surface area contributed by atoms with Crippen LogP contribution >= 0.6 is 11.3 Å². The maximum Gasteiger partial charge on any atom is 0.250 e. The highest BCUT2D eigenvalue weighted by Gasteiger charge is 2.17. The van der Waals surface area contributed by atoms with E-state index in [4.69, 9.17) is 5.73 Å². The van der Waals surface area contributed by atoms with E-state index in [2.05, 4.69) is 4.72 Å². The summed E-state index contributed by atoms with van der Waals surface area (Å²) in [7, 11) is -3.36. The second kappa shape index (κ2) is 5.07. The van der Waals surface area contributed by atoms with Gasteiger partial charge in [-0.3, -0.25) is 0 Å². The molecule has 86 valence electrons. The molecule has 1 unspecified atom stereocenters. The summed E-state index contributed by atoms with van der Waals surface area (Å²) in [4.78, 5) is 0. The molecule has 0 aliphatic carbocycles. The smallest absolute Gasteiger partial charge is 0.250 e. The van der Waals surface area contributed by atoms with Gasteiger partial charge in [-0.2, -0.15) is 0 Å². The Hall–Kier alpha value is -0.430. The summed E-state index contributed by atoms with van der Waals surface area (Å²) in [5.41, 5.74) is 5.75. The van der Waals surface area contributed by atoms with Crippen LogP contribution in [-0.2, 0) is 10.0 Å². The number of hydrogen-bond donors (Lipinski definition) is 2. The van der Waals surface area contributed by atoms with Crippen molar-refractivity contribution in [1.82, 2.24) is 4.72 Å². The zero-order valence-corrected chi connectivity index (χ0v) is 10.4. The van der Waals surface area contributed by atoms with E-state index in [0.29, 0.717) is 4.21 Å². The van der Waals surface area contributed by atoms with Crippen molar-refractivity contribution in [3.63, 3.8) is 0 Å². The number of sulfonamides is 1. The highest BCUT2D eigenvalue weighted by atomic mass is 32.2. The normalized spacial score (nSPS) is 14.4. The molecule has 0 saturated heterocycles. The molecule has 1 heterocycles. The summed E-state index contributed by atoms with van der Waals surface area (Å²) in [5.74, 6) is 0.260. The molecule has 3 N–H and O–H groups in total. The summed E-state index contributed by atoms with van der Waals surface area (Å²) in [6.45, 7) is 4.20. The van der Waals surface area contributed by atoms with Gasteiger partial charge in [0, 0.05) is 12.6 Å². The number of rotatable bonds is 5. The van der Waals surface area contributed by atoms with Gasteiger partial charge in [-0.15, -0.1) is 11.3 Å². The second-order valence-corrected chi connectivity index (χ2v) is 6.63. The lowest BCUT2D eigenvalue weighted by atomic mass is 10.1. The quantitative estimate of drug-likeness (QED) is 0.817. The van der Waals surface area contributed by atoms with Crippen LogP contribution in [0.5, 0.6) is 0 Å². The van der Waals surface area contributed by atoms with Crippen LogP contribution in [0.2, 0.25) is 0 Å². The molecule has 0 amide bonds. The standard InChI is InChI=1S/C9H16N2O2S2/c1-7(2)8(10)6-11-15(12,13)9-4-3-5-14-9/h3-5,7-8,11H,6,10H2,1-2H3. The van der Waals surface area contributed by atoms with Crippen molar-refractivity contribution in [2.45, 2.75) is 24.1 Å². The van der Waals surface area contributed by atoms with Crippen LogP contribution in [0.3, 0.4) is 0 Å². The first-order valence-electron chi connectivity index (χ1n) is 4.72. The van der Waals surface area contributed by atoms with Crippen LogP contribution < -0.4 is 10.5 Å². The number of hydrogen-bond acceptors (Lipinski definition) is 4. The number of nitrogens with one attached hydrogen (secondary N) is 1. The van der Waals surface area contributed by atoms with E-state index in [0.717, 1.165) is 0 Å². The molecule has 1 aromatic rings. The van der Waals surface area contributed by atoms with Crippen molar-refractivity contribution in [2.24, 2.45) is 11.7 Å². The van der Waals surface area contributed by atoms with Gasteiger partial charge in [0.05, 0.1) is 0 Å². The molecule has 0 radical (unpaired) electrons. The van der Waals surface area contributed by atoms with Gasteiger partial charge in [-0.1, -0.05) is 19.9 Å². The van der Waals surface area contributed by atoms with Crippen molar-refractivity contribution in [2.75, 3.05) is 6.54 Å². The molecular formula is C9H16N2O2S2. The fraction of sp³-hybridized carbons (Fsp3) is 0.556. The first-order chi connectivity index (χ1) is 6.93. The van der Waals surface area contributed by atoms with Crippen LogP contribution in [0.15, 0.2) is 21.7 Å². The minimum absolute atomic E-state index is 0.153. The average Bonchev–Trinajstić information content (AvgIpc) is 2.67. The van der Waals surface area contributed by atoms with E-state index in [1.165, 1.54) is 11.3 Å². The summed E-state index contributed by atoms with van der Waals surface area (Å²) in [6.07, 6.45) is 0. The molecule has 0 saturated carbocycles. The Morgan fingerprint density at radius 1 is 1.53 bits per heavy atom. The average molecular weight is 248 g/mol. The van der Waals surface area contributed by atoms with Gasteiger partial charge >= 0.3 is 0 Å². The van der Waals surface area contributed by atoms with Crippen molar-refractivity contribution in [3.8, 4) is 0 Å². The van der Waals surface area contributed by atoms with Gasteiger partial charge in [0.25, 0.3) is 0 Å². The minimum Gasteiger partial charge on any atom is -0.326 e. The van der Waals surface area contributed by atoms with Crippen molar-refractivity contribution < 1.29 is 8.42 Å². The third kappa shape index (κ3) is 3.57. The zero-order chi connectivity index (χ0) is 11.5. The van der Waals surface area contributed by atoms with Crippen LogP contribution in [0, 0.1) is 5.92 Å². The molecule has 1 atom stereocenters. The molecule has 4 nitrogen and oxygen atoms in total. The van der Waals surface area contributed by atoms with Gasteiger partial charge in [0.1, 0.15) is 4.21 Å². The Bertz CT molecular complexity index is 384. The van der Waals surface area contributed by atoms with E-state index in [1.54, 1.807) is 17.5 Å². The van der Waals surface area contributed by atoms with E-state index in [1.807, 2.05) is 13.8 Å². The van der Waals surface area contributed by atoms with Crippen LogP contribution in [-0.4, -0.2) is 21.0 Å². The summed E-state index contributed by atoms with van der Waals surface area (Å²) in [6, 6.07) is 3.13. The summed E-state index contributed by atoms with van der Waals surface area (Å²) >= 11 is 1.20. The fourth-order valence-electron chi connectivity index (χ4n) is 0.929. The van der Waals surface area contributed by atoms with E-state index in [-0.39, 0.29) is 18.5 Å². The zero-order valence-electron chi connectivity index (χ0n) is 8.80. The lowest BCUT2D eigenvalue weighted by molar-refractivity contribution is 0.482. The van der Waals surface area contributed by atoms with Gasteiger partial charge in [0.15, 0.2) is 0 Å². The van der Waals surface area contributed by atoms with Gasteiger partial charge in [0.2, 0.25) is 10.0 Å². The predicted molar refractivity (Wildman–Crippen MR) is 62.3 cm³/mol. The number of nitrogens with two attached hydrogens (primary N) is 1. The monoisotopic (exact) mass is 248 g/mol. The van der Waals surface area contributed by atoms with E-state index >= 15 is 0 Å². The molecule has 0 aliphatic rings. The minimum atomic E-state index is -3.36. The molecular weight excluding hydrogens is 232 g/mol. The van der Waals surface area contributed by atoms with Crippen molar-refractivity contribution in [3.05, 3.63) is 17.5 Å². The second-order valence-electron chi connectivity index (χ2n) is 3.69. The van der Waals surface area contributed by atoms with E-state index in [9.17, 15) is 8.42 Å². The fourth-order valence-corrected chi connectivity index (χ4v) is 3.04. The predicted octanol–water partition coefficient (Wildman–Crippen LogP) is 1.01. The molecule has 0 aliphatic heterocycles. The van der Waals surface area contributed by atoms with Crippen molar-refractivity contribution in [1.29, 1.82) is 0 Å². The molecule has 0 aromatic carbocycles. The first kappa shape index (κ1) is 12.6. The van der Waals surface area contributed by atoms with Crippen LogP contribution in [0.4, 0.5) is 0 Å².